The molecule has 7 atom stereocenters. The van der Waals surface area contributed by atoms with Gasteiger partial charge in [-0.1, -0.05) is 6.82 Å². The normalized spacial score (nSPS) is 28.7. The molecule has 1 aliphatic rings. The van der Waals surface area contributed by atoms with Gasteiger partial charge in [0.05, 0.1) is 24.6 Å². The van der Waals surface area contributed by atoms with Crippen LogP contribution in [0.15, 0.2) is 4.99 Å². The van der Waals surface area contributed by atoms with E-state index in [0.29, 0.717) is 0 Å². The fourth-order valence-corrected chi connectivity index (χ4v) is 4.65. The number of hydrogen-bond acceptors (Lipinski definition) is 7. The molecule has 0 bridgehead atoms. The summed E-state index contributed by atoms with van der Waals surface area (Å²) in [4.78, 5) is 27.4. The highest BCUT2D eigenvalue weighted by Crippen LogP contribution is 2.44. The van der Waals surface area contributed by atoms with Gasteiger partial charge in [-0.3, -0.25) is 9.59 Å². The minimum atomic E-state index is -1.53. The fraction of sp³-hybridized carbons (Fsp3) is 0.786. The molecular weight excluding hydrogens is 363 g/mol. The molecule has 1 saturated carbocycles. The number of nitrogens with two attached hydrogens (primary N) is 2. The van der Waals surface area contributed by atoms with Crippen LogP contribution in [0.2, 0.25) is 6.82 Å². The number of nitrogens with zero attached hydrogens (tertiary/aromatic N) is 1. The number of carboxylic acids is 1. The molecule has 0 aliphatic heterocycles. The second kappa shape index (κ2) is 10.00. The van der Waals surface area contributed by atoms with E-state index in [2.05, 4.69) is 10.3 Å². The molecule has 0 aromatic rings. The highest BCUT2D eigenvalue weighted by molar-refractivity contribution is 8.22. The molecule has 0 aromatic heterocycles. The molecule has 0 spiro atoms. The largest absolute Gasteiger partial charge is 0.481 e. The molecule has 1 rings (SSSR count). The van der Waals surface area contributed by atoms with E-state index in [1.165, 1.54) is 18.5 Å². The molecule has 0 saturated heterocycles. The van der Waals surface area contributed by atoms with Crippen LogP contribution in [0.4, 0.5) is 0 Å². The van der Waals surface area contributed by atoms with E-state index in [4.69, 9.17) is 16.6 Å². The minimum Gasteiger partial charge on any atom is -0.481 e. The monoisotopic (exact) mass is 389 g/mol. The molecule has 12 heteroatoms. The van der Waals surface area contributed by atoms with Crippen LogP contribution in [0.1, 0.15) is 13.3 Å². The van der Waals surface area contributed by atoms with Gasteiger partial charge in [-0.25, -0.2) is 16.6 Å². The highest BCUT2D eigenvalue weighted by Gasteiger charge is 2.52. The summed E-state index contributed by atoms with van der Waals surface area (Å²) < 4.78 is 0. The van der Waals surface area contributed by atoms with Crippen molar-refractivity contribution in [3.63, 3.8) is 0 Å². The zero-order chi connectivity index (χ0) is 20.0. The molecule has 26 heavy (non-hydrogen) atoms. The van der Waals surface area contributed by atoms with Gasteiger partial charge in [-0.2, -0.15) is 0 Å². The average Bonchev–Trinajstić information content (AvgIpc) is 2.89. The predicted molar refractivity (Wildman–Crippen MR) is 98.5 cm³/mol. The molecule has 1 amide bonds. The van der Waals surface area contributed by atoms with Crippen molar-refractivity contribution < 1.29 is 30.0 Å². The van der Waals surface area contributed by atoms with E-state index >= 15 is 0 Å². The number of aliphatic carboxylic acids is 1. The quantitative estimate of drug-likeness (QED) is 0.125. The van der Waals surface area contributed by atoms with Crippen molar-refractivity contribution in [3.05, 3.63) is 0 Å². The summed E-state index contributed by atoms with van der Waals surface area (Å²) in [6.45, 7) is 3.96. The zero-order valence-corrected chi connectivity index (χ0v) is 15.5. The maximum atomic E-state index is 11.7. The molecule has 1 fully saturated rings. The summed E-state index contributed by atoms with van der Waals surface area (Å²) in [5.74, 6) is -3.26. The lowest BCUT2D eigenvalue weighted by Gasteiger charge is -2.36. The Labute approximate surface area is 156 Å². The van der Waals surface area contributed by atoms with E-state index < -0.39 is 59.9 Å². The third-order valence-electron chi connectivity index (χ3n) is 4.37. The molecule has 0 unspecified atom stereocenters. The molecular formula is C14H26BN4O6S. The molecule has 0 aromatic carbocycles. The number of aliphatic imine (C=N–C) groups is 1. The van der Waals surface area contributed by atoms with Gasteiger partial charge in [-0.15, -0.1) is 0 Å². The second-order valence-corrected chi connectivity index (χ2v) is 7.47. The number of amides is 1. The Morgan fingerprint density at radius 3 is 2.42 bits per heavy atom. The molecule has 9 N–H and O–H groups in total. The van der Waals surface area contributed by atoms with Crippen molar-refractivity contribution in [2.45, 2.75) is 49.7 Å². The number of nitrogens with one attached hydrogen (secondary N) is 1. The van der Waals surface area contributed by atoms with E-state index in [9.17, 15) is 24.9 Å². The first kappa shape index (κ1) is 22.5. The Bertz CT molecular complexity index is 536. The SMILES string of the molecule is C[B]S[C@H]1[C@@H]([C@H](NC(C)=O)[C@@H](O)[C@@H](O)CO)[C@H](N=C(N)N)C[C@@H]1C(=O)O. The predicted octanol–water partition coefficient (Wildman–Crippen LogP) is -2.66. The molecule has 10 nitrogen and oxygen atoms in total. The first-order valence-corrected chi connectivity index (χ1v) is 9.07. The lowest BCUT2D eigenvalue weighted by atomic mass is 9.87. The van der Waals surface area contributed by atoms with E-state index in [0.717, 1.165) is 0 Å². The van der Waals surface area contributed by atoms with Gasteiger partial charge in [0.2, 0.25) is 5.91 Å². The van der Waals surface area contributed by atoms with Crippen molar-refractivity contribution in [1.82, 2.24) is 5.32 Å². The van der Waals surface area contributed by atoms with Gasteiger partial charge in [0.1, 0.15) is 12.2 Å². The van der Waals surface area contributed by atoms with E-state index in [-0.39, 0.29) is 12.4 Å². The Hall–Kier alpha value is -1.50. The molecule has 1 aliphatic carbocycles. The summed E-state index contributed by atoms with van der Waals surface area (Å²) in [6.07, 6.45) is -2.94. The van der Waals surface area contributed by atoms with Gasteiger partial charge >= 0.3 is 5.97 Å². The summed E-state index contributed by atoms with van der Waals surface area (Å²) in [5.41, 5.74) is 10.9. The summed E-state index contributed by atoms with van der Waals surface area (Å²) >= 11 is 1.24. The van der Waals surface area contributed by atoms with Crippen LogP contribution in [0.3, 0.4) is 0 Å². The summed E-state index contributed by atoms with van der Waals surface area (Å²) in [7, 11) is 0. The Kier molecular flexibility index (Phi) is 8.67. The van der Waals surface area contributed by atoms with Crippen molar-refractivity contribution >= 4 is 36.0 Å². The molecule has 1 radical (unpaired) electrons. The zero-order valence-electron chi connectivity index (χ0n) is 14.6. The third-order valence-corrected chi connectivity index (χ3v) is 5.60. The van der Waals surface area contributed by atoms with E-state index in [1.807, 2.05) is 0 Å². The lowest BCUT2D eigenvalue weighted by Crippen LogP contribution is -2.56. The Balaban J connectivity index is 3.37. The van der Waals surface area contributed by atoms with Crippen LogP contribution >= 0.6 is 11.6 Å². The van der Waals surface area contributed by atoms with Crippen LogP contribution in [-0.2, 0) is 9.59 Å². The number of carbonyl (C=O) groups excluding carboxylic acids is 1. The number of guanidine groups is 1. The average molecular weight is 389 g/mol. The first-order valence-electron chi connectivity index (χ1n) is 8.12. The van der Waals surface area contributed by atoms with Crippen LogP contribution in [0.25, 0.3) is 0 Å². The van der Waals surface area contributed by atoms with Gasteiger partial charge in [-0.05, 0) is 6.42 Å². The number of aliphatic hydroxyl groups is 3. The van der Waals surface area contributed by atoms with Gasteiger partial charge < -0.3 is 37.2 Å². The fourth-order valence-electron chi connectivity index (χ4n) is 3.39. The smallest absolute Gasteiger partial charge is 0.307 e. The maximum absolute atomic E-state index is 11.7. The first-order chi connectivity index (χ1) is 12.1. The van der Waals surface area contributed by atoms with E-state index in [1.54, 1.807) is 13.4 Å². The number of rotatable bonds is 9. The molecule has 147 valence electrons. The van der Waals surface area contributed by atoms with Crippen LogP contribution in [0.5, 0.6) is 0 Å². The van der Waals surface area contributed by atoms with Gasteiger partial charge in [0, 0.05) is 18.1 Å². The summed E-state index contributed by atoms with van der Waals surface area (Å²) in [6, 6.07) is -1.74. The van der Waals surface area contributed by atoms with Crippen LogP contribution in [0, 0.1) is 11.8 Å². The summed E-state index contributed by atoms with van der Waals surface area (Å²) in [5, 5.41) is 41.0. The number of hydrogen-bond donors (Lipinski definition) is 7. The van der Waals surface area contributed by atoms with Crippen LogP contribution < -0.4 is 16.8 Å². The van der Waals surface area contributed by atoms with Gasteiger partial charge in [0.15, 0.2) is 12.5 Å². The Morgan fingerprint density at radius 2 is 2.00 bits per heavy atom. The van der Waals surface area contributed by atoms with Crippen molar-refractivity contribution in [1.29, 1.82) is 0 Å². The van der Waals surface area contributed by atoms with Crippen molar-refractivity contribution in [2.24, 2.45) is 28.3 Å². The standard InChI is InChI=1S/C14H26BN4O6S/c1-5(21)18-10(11(23)8(22)4-20)9-7(19-14(16)17)3-6(13(24)25)12(9)26-15-2/h6-12,20,22-23H,3-4H2,1-2H3,(H,18,21)(H,24,25)(H4,16,17,19)/t6-,7+,8-,9+,10-,11-,12+/m0/s1. The van der Waals surface area contributed by atoms with Gasteiger partial charge in [0.25, 0.3) is 0 Å². The van der Waals surface area contributed by atoms with Crippen molar-refractivity contribution in [2.75, 3.05) is 6.61 Å². The third kappa shape index (κ3) is 5.50. The highest BCUT2D eigenvalue weighted by atomic mass is 32.2. The number of aliphatic hydroxyl groups excluding tert-OH is 3. The second-order valence-electron chi connectivity index (χ2n) is 6.18. The number of carboxylic acid groups (broad SMARTS) is 1. The number of carbonyl (C=O) groups is 2. The molecule has 0 heterocycles. The maximum Gasteiger partial charge on any atom is 0.307 e. The lowest BCUT2D eigenvalue weighted by molar-refractivity contribution is -0.141. The topological polar surface area (TPSA) is 191 Å². The minimum absolute atomic E-state index is 0.113. The van der Waals surface area contributed by atoms with Crippen LogP contribution in [-0.4, -0.2) is 81.0 Å². The Morgan fingerprint density at radius 1 is 1.38 bits per heavy atom. The van der Waals surface area contributed by atoms with Crippen molar-refractivity contribution in [3.8, 4) is 0 Å².